The molecule has 0 aliphatic heterocycles. The van der Waals surface area contributed by atoms with Gasteiger partial charge in [-0.2, -0.15) is 0 Å². The topological polar surface area (TPSA) is 49.4 Å². The molecule has 2 rings (SSSR count). The van der Waals surface area contributed by atoms with Crippen LogP contribution in [0.2, 0.25) is 0 Å². The smallest absolute Gasteiger partial charge is 0.246 e. The Labute approximate surface area is 154 Å². The lowest BCUT2D eigenvalue weighted by Gasteiger charge is -2.15. The van der Waals surface area contributed by atoms with E-state index in [4.69, 9.17) is 0 Å². The molecule has 2 amide bonds. The standard InChI is InChI=1S/C16H12BrF3N2O2S/c1-22(14(24)7-3-9-2-6-12(17)25-9)8-13(23)21-11-5-4-10(18)15(19)16(11)20/h2-7H,8H2,1H3,(H,21,23)/b7-3+. The van der Waals surface area contributed by atoms with Crippen LogP contribution in [0, 0.1) is 17.5 Å². The summed E-state index contributed by atoms with van der Waals surface area (Å²) >= 11 is 4.74. The van der Waals surface area contributed by atoms with Gasteiger partial charge in [-0.25, -0.2) is 13.2 Å². The number of hydrogen-bond acceptors (Lipinski definition) is 3. The molecule has 1 N–H and O–H groups in total. The molecule has 0 bridgehead atoms. The van der Waals surface area contributed by atoms with Crippen molar-refractivity contribution in [3.8, 4) is 0 Å². The van der Waals surface area contributed by atoms with Gasteiger partial charge in [0.25, 0.3) is 0 Å². The second-order valence-electron chi connectivity index (χ2n) is 4.94. The van der Waals surface area contributed by atoms with Crippen LogP contribution < -0.4 is 5.32 Å². The Hall–Kier alpha value is -2.13. The molecule has 0 fully saturated rings. The molecule has 0 unspecified atom stereocenters. The predicted molar refractivity (Wildman–Crippen MR) is 93.6 cm³/mol. The molecule has 1 heterocycles. The van der Waals surface area contributed by atoms with E-state index >= 15 is 0 Å². The minimum atomic E-state index is -1.67. The Morgan fingerprint density at radius 1 is 1.20 bits per heavy atom. The molecule has 0 atom stereocenters. The Morgan fingerprint density at radius 3 is 2.56 bits per heavy atom. The van der Waals surface area contributed by atoms with Gasteiger partial charge in [0, 0.05) is 18.0 Å². The monoisotopic (exact) mass is 432 g/mol. The van der Waals surface area contributed by atoms with E-state index < -0.39 is 35.0 Å². The van der Waals surface area contributed by atoms with Crippen molar-refractivity contribution in [1.82, 2.24) is 4.90 Å². The average Bonchev–Trinajstić information content (AvgIpc) is 2.98. The Kier molecular flexibility index (Phi) is 6.38. The molecule has 132 valence electrons. The highest BCUT2D eigenvalue weighted by Crippen LogP contribution is 2.23. The van der Waals surface area contributed by atoms with Crippen molar-refractivity contribution in [2.24, 2.45) is 0 Å². The molecular formula is C16H12BrF3N2O2S. The number of carbonyl (C=O) groups excluding carboxylic acids is 2. The summed E-state index contributed by atoms with van der Waals surface area (Å²) in [5.74, 6) is -5.70. The number of thiophene rings is 1. The van der Waals surface area contributed by atoms with Gasteiger partial charge in [-0.1, -0.05) is 0 Å². The van der Waals surface area contributed by atoms with Crippen LogP contribution in [0.25, 0.3) is 6.08 Å². The van der Waals surface area contributed by atoms with Gasteiger partial charge in [-0.15, -0.1) is 11.3 Å². The van der Waals surface area contributed by atoms with E-state index in [1.807, 2.05) is 12.1 Å². The maximum Gasteiger partial charge on any atom is 0.246 e. The first-order valence-electron chi connectivity index (χ1n) is 6.90. The van der Waals surface area contributed by atoms with E-state index in [0.717, 1.165) is 19.6 Å². The molecule has 0 aliphatic carbocycles. The van der Waals surface area contributed by atoms with E-state index in [9.17, 15) is 22.8 Å². The average molecular weight is 433 g/mol. The summed E-state index contributed by atoms with van der Waals surface area (Å²) in [4.78, 5) is 25.7. The first-order chi connectivity index (χ1) is 11.8. The van der Waals surface area contributed by atoms with E-state index in [2.05, 4.69) is 21.2 Å². The largest absolute Gasteiger partial charge is 0.333 e. The Balaban J connectivity index is 1.94. The minimum absolute atomic E-state index is 0.379. The van der Waals surface area contributed by atoms with Crippen molar-refractivity contribution in [2.45, 2.75) is 0 Å². The Morgan fingerprint density at radius 2 is 1.92 bits per heavy atom. The van der Waals surface area contributed by atoms with Crippen molar-refractivity contribution in [2.75, 3.05) is 18.9 Å². The summed E-state index contributed by atoms with van der Waals surface area (Å²) in [6.07, 6.45) is 2.89. The molecular weight excluding hydrogens is 421 g/mol. The van der Waals surface area contributed by atoms with Crippen LogP contribution in [0.15, 0.2) is 34.1 Å². The van der Waals surface area contributed by atoms with E-state index in [-0.39, 0.29) is 6.54 Å². The number of anilines is 1. The summed E-state index contributed by atoms with van der Waals surface area (Å²) in [6.45, 7) is -0.379. The number of carbonyl (C=O) groups is 2. The van der Waals surface area contributed by atoms with Gasteiger partial charge < -0.3 is 10.2 Å². The van der Waals surface area contributed by atoms with Gasteiger partial charge in [0.05, 0.1) is 16.0 Å². The zero-order valence-electron chi connectivity index (χ0n) is 12.9. The SMILES string of the molecule is CN(CC(=O)Nc1ccc(F)c(F)c1F)C(=O)/C=C/c1ccc(Br)s1. The van der Waals surface area contributed by atoms with Crippen molar-refractivity contribution in [1.29, 1.82) is 0 Å². The van der Waals surface area contributed by atoms with Gasteiger partial charge in [-0.05, 0) is 46.3 Å². The van der Waals surface area contributed by atoms with Gasteiger partial charge in [-0.3, -0.25) is 9.59 Å². The van der Waals surface area contributed by atoms with Crippen LogP contribution in [-0.2, 0) is 9.59 Å². The summed E-state index contributed by atoms with van der Waals surface area (Å²) in [5.41, 5.74) is -0.497. The van der Waals surface area contributed by atoms with Crippen molar-refractivity contribution < 1.29 is 22.8 Å². The number of halogens is 4. The first-order valence-corrected chi connectivity index (χ1v) is 8.50. The fourth-order valence-corrected chi connectivity index (χ4v) is 3.13. The number of amides is 2. The van der Waals surface area contributed by atoms with Gasteiger partial charge in [0.15, 0.2) is 17.5 Å². The molecule has 0 radical (unpaired) electrons. The maximum absolute atomic E-state index is 13.5. The molecule has 25 heavy (non-hydrogen) atoms. The first kappa shape index (κ1) is 19.2. The predicted octanol–water partition coefficient (Wildman–Crippen LogP) is 4.04. The van der Waals surface area contributed by atoms with Crippen LogP contribution in [-0.4, -0.2) is 30.3 Å². The highest BCUT2D eigenvalue weighted by atomic mass is 79.9. The molecule has 9 heteroatoms. The number of nitrogens with zero attached hydrogens (tertiary/aromatic N) is 1. The summed E-state index contributed by atoms with van der Waals surface area (Å²) in [7, 11) is 1.39. The van der Waals surface area contributed by atoms with Crippen LogP contribution in [0.5, 0.6) is 0 Å². The molecule has 1 aromatic heterocycles. The Bertz CT molecular complexity index is 839. The third-order valence-electron chi connectivity index (χ3n) is 3.05. The van der Waals surface area contributed by atoms with Crippen LogP contribution in [0.3, 0.4) is 0 Å². The second-order valence-corrected chi connectivity index (χ2v) is 7.44. The number of likely N-dealkylation sites (N-methyl/N-ethyl adjacent to an activating group) is 1. The van der Waals surface area contributed by atoms with Crippen molar-refractivity contribution >= 4 is 50.8 Å². The lowest BCUT2D eigenvalue weighted by atomic mass is 10.2. The molecule has 0 saturated heterocycles. The summed E-state index contributed by atoms with van der Waals surface area (Å²) in [6, 6.07) is 5.26. The molecule has 1 aromatic carbocycles. The molecule has 0 spiro atoms. The highest BCUT2D eigenvalue weighted by Gasteiger charge is 2.17. The lowest BCUT2D eigenvalue weighted by molar-refractivity contribution is -0.129. The number of hydrogen-bond donors (Lipinski definition) is 1. The molecule has 0 aliphatic rings. The molecule has 4 nitrogen and oxygen atoms in total. The van der Waals surface area contributed by atoms with E-state index in [0.29, 0.717) is 6.07 Å². The van der Waals surface area contributed by atoms with Crippen LogP contribution in [0.4, 0.5) is 18.9 Å². The van der Waals surface area contributed by atoms with Crippen LogP contribution in [0.1, 0.15) is 4.88 Å². The van der Waals surface area contributed by atoms with Crippen molar-refractivity contribution in [3.63, 3.8) is 0 Å². The minimum Gasteiger partial charge on any atom is -0.333 e. The van der Waals surface area contributed by atoms with Crippen molar-refractivity contribution in [3.05, 3.63) is 56.5 Å². The highest BCUT2D eigenvalue weighted by molar-refractivity contribution is 9.11. The van der Waals surface area contributed by atoms with E-state index in [1.165, 1.54) is 24.5 Å². The zero-order chi connectivity index (χ0) is 18.6. The van der Waals surface area contributed by atoms with Gasteiger partial charge >= 0.3 is 0 Å². The van der Waals surface area contributed by atoms with Crippen LogP contribution >= 0.6 is 27.3 Å². The summed E-state index contributed by atoms with van der Waals surface area (Å²) in [5, 5.41) is 2.10. The third kappa shape index (κ3) is 5.17. The molecule has 0 saturated carbocycles. The van der Waals surface area contributed by atoms with Gasteiger partial charge in [0.1, 0.15) is 0 Å². The third-order valence-corrected chi connectivity index (χ3v) is 4.64. The second kappa shape index (κ2) is 8.30. The summed E-state index contributed by atoms with van der Waals surface area (Å²) < 4.78 is 40.4. The fourth-order valence-electron chi connectivity index (χ4n) is 1.80. The number of benzene rings is 1. The normalized spacial score (nSPS) is 10.9. The fraction of sp³-hybridized carbons (Fsp3) is 0.125. The maximum atomic E-state index is 13.5. The number of rotatable bonds is 5. The molecule has 2 aromatic rings. The lowest BCUT2D eigenvalue weighted by Crippen LogP contribution is -2.34. The van der Waals surface area contributed by atoms with E-state index in [1.54, 1.807) is 6.08 Å². The number of nitrogens with one attached hydrogen (secondary N) is 1. The quantitative estimate of drug-likeness (QED) is 0.572. The zero-order valence-corrected chi connectivity index (χ0v) is 15.3. The van der Waals surface area contributed by atoms with Gasteiger partial charge in [0.2, 0.25) is 11.8 Å².